The molecule has 0 atom stereocenters. The zero-order valence-corrected chi connectivity index (χ0v) is 13.1. The van der Waals surface area contributed by atoms with Crippen molar-refractivity contribution < 1.29 is 27.6 Å². The van der Waals surface area contributed by atoms with Gasteiger partial charge >= 0.3 is 6.36 Å². The monoisotopic (exact) mass is 370 g/mol. The molecular weight excluding hydrogens is 357 g/mol. The van der Waals surface area contributed by atoms with E-state index in [0.29, 0.717) is 11.5 Å². The van der Waals surface area contributed by atoms with Gasteiger partial charge in [0.2, 0.25) is 5.91 Å². The third-order valence-electron chi connectivity index (χ3n) is 2.99. The molecule has 0 fully saturated rings. The highest BCUT2D eigenvalue weighted by atomic mass is 19.4. The van der Waals surface area contributed by atoms with E-state index in [0.717, 1.165) is 18.3 Å². The van der Waals surface area contributed by atoms with Crippen LogP contribution in [0, 0.1) is 10.1 Å². The highest BCUT2D eigenvalue weighted by molar-refractivity contribution is 5.91. The van der Waals surface area contributed by atoms with Gasteiger partial charge in [-0.2, -0.15) is 0 Å². The minimum atomic E-state index is -4.78. The molecular formula is C15H13F3N4O4. The van der Waals surface area contributed by atoms with Gasteiger partial charge in [-0.05, 0) is 30.3 Å². The molecule has 1 amide bonds. The Bertz CT molecular complexity index is 764. The van der Waals surface area contributed by atoms with Crippen LogP contribution in [0.2, 0.25) is 0 Å². The smallest absolute Gasteiger partial charge is 0.406 e. The fraction of sp³-hybridized carbons (Fsp3) is 0.200. The molecule has 2 aromatic rings. The second-order valence-electron chi connectivity index (χ2n) is 4.96. The van der Waals surface area contributed by atoms with Crippen LogP contribution in [0.25, 0.3) is 0 Å². The highest BCUT2D eigenvalue weighted by Gasteiger charge is 2.30. The molecule has 0 aliphatic heterocycles. The van der Waals surface area contributed by atoms with Crippen molar-refractivity contribution in [2.24, 2.45) is 0 Å². The Kier molecular flexibility index (Phi) is 5.94. The summed E-state index contributed by atoms with van der Waals surface area (Å²) in [4.78, 5) is 25.6. The van der Waals surface area contributed by atoms with Crippen molar-refractivity contribution in [3.8, 4) is 5.75 Å². The third kappa shape index (κ3) is 6.26. The normalized spacial score (nSPS) is 10.9. The summed E-state index contributed by atoms with van der Waals surface area (Å²) in [5.74, 6) is -0.387. The molecule has 0 radical (unpaired) electrons. The van der Waals surface area contributed by atoms with E-state index in [4.69, 9.17) is 0 Å². The van der Waals surface area contributed by atoms with Crippen LogP contribution < -0.4 is 15.4 Å². The van der Waals surface area contributed by atoms with Gasteiger partial charge in [0.15, 0.2) is 0 Å². The van der Waals surface area contributed by atoms with Crippen molar-refractivity contribution in [1.82, 2.24) is 4.98 Å². The topological polar surface area (TPSA) is 106 Å². The second-order valence-corrected chi connectivity index (χ2v) is 4.96. The first-order chi connectivity index (χ1) is 12.2. The van der Waals surface area contributed by atoms with Crippen LogP contribution in [0.15, 0.2) is 42.6 Å². The number of halogens is 3. The molecule has 11 heteroatoms. The summed E-state index contributed by atoms with van der Waals surface area (Å²) in [7, 11) is 0. The number of nitrogens with one attached hydrogen (secondary N) is 2. The van der Waals surface area contributed by atoms with E-state index >= 15 is 0 Å². The summed E-state index contributed by atoms with van der Waals surface area (Å²) in [5.41, 5.74) is 0.171. The van der Waals surface area contributed by atoms with E-state index in [9.17, 15) is 28.1 Å². The minimum Gasteiger partial charge on any atom is -0.406 e. The summed E-state index contributed by atoms with van der Waals surface area (Å²) in [6, 6.07) is 7.42. The third-order valence-corrected chi connectivity index (χ3v) is 2.99. The Hall–Kier alpha value is -3.37. The molecule has 2 N–H and O–H groups in total. The van der Waals surface area contributed by atoms with Gasteiger partial charge in [-0.25, -0.2) is 4.98 Å². The first-order valence-corrected chi connectivity index (χ1v) is 7.23. The summed E-state index contributed by atoms with van der Waals surface area (Å²) >= 11 is 0. The average molecular weight is 370 g/mol. The number of hydrogen-bond donors (Lipinski definition) is 2. The molecule has 138 valence electrons. The number of carbonyl (C=O) groups is 1. The molecule has 0 aliphatic rings. The van der Waals surface area contributed by atoms with E-state index in [1.54, 1.807) is 0 Å². The number of rotatable bonds is 7. The molecule has 0 unspecified atom stereocenters. The van der Waals surface area contributed by atoms with Crippen LogP contribution in [-0.2, 0) is 4.79 Å². The zero-order chi connectivity index (χ0) is 19.2. The Morgan fingerprint density at radius 3 is 2.42 bits per heavy atom. The Labute approximate surface area is 145 Å². The number of nitrogens with zero attached hydrogens (tertiary/aromatic N) is 2. The lowest BCUT2D eigenvalue weighted by molar-refractivity contribution is -0.385. The first-order valence-electron chi connectivity index (χ1n) is 7.23. The molecule has 0 aliphatic carbocycles. The summed E-state index contributed by atoms with van der Waals surface area (Å²) in [5, 5.41) is 15.8. The van der Waals surface area contributed by atoms with Crippen LogP contribution in [0.4, 0.5) is 30.4 Å². The van der Waals surface area contributed by atoms with Crippen LogP contribution in [0.3, 0.4) is 0 Å². The van der Waals surface area contributed by atoms with Gasteiger partial charge in [-0.3, -0.25) is 14.9 Å². The zero-order valence-electron chi connectivity index (χ0n) is 13.1. The lowest BCUT2D eigenvalue weighted by Crippen LogP contribution is -2.18. The Balaban J connectivity index is 1.77. The number of alkyl halides is 3. The van der Waals surface area contributed by atoms with E-state index in [1.807, 2.05) is 0 Å². The largest absolute Gasteiger partial charge is 0.573 e. The van der Waals surface area contributed by atoms with Gasteiger partial charge in [0.25, 0.3) is 5.69 Å². The molecule has 2 rings (SSSR count). The molecule has 1 aromatic heterocycles. The van der Waals surface area contributed by atoms with Gasteiger partial charge in [0.05, 0.1) is 4.92 Å². The van der Waals surface area contributed by atoms with E-state index in [-0.39, 0.29) is 30.3 Å². The van der Waals surface area contributed by atoms with Crippen molar-refractivity contribution in [2.45, 2.75) is 12.8 Å². The van der Waals surface area contributed by atoms with Gasteiger partial charge in [0, 0.05) is 24.7 Å². The molecule has 1 aromatic carbocycles. The number of carbonyl (C=O) groups excluding carboxylic acids is 1. The highest BCUT2D eigenvalue weighted by Crippen LogP contribution is 2.24. The van der Waals surface area contributed by atoms with Crippen molar-refractivity contribution in [3.05, 3.63) is 52.7 Å². The fourth-order valence-electron chi connectivity index (χ4n) is 1.87. The van der Waals surface area contributed by atoms with Crippen molar-refractivity contribution in [1.29, 1.82) is 0 Å². The quantitative estimate of drug-likeness (QED) is 0.572. The molecule has 26 heavy (non-hydrogen) atoms. The Morgan fingerprint density at radius 1 is 1.19 bits per heavy atom. The molecule has 1 heterocycles. The molecule has 0 bridgehead atoms. The van der Waals surface area contributed by atoms with E-state index < -0.39 is 11.3 Å². The summed E-state index contributed by atoms with van der Waals surface area (Å²) in [6.45, 7) is 0.214. The standard InChI is InChI=1S/C15H13F3N4O4/c16-15(17,18)26-12-4-1-10(2-5-12)21-14(23)7-8-19-13-6-3-11(9-20-13)22(24)25/h1-6,9H,7-8H2,(H,19,20)(H,21,23). The van der Waals surface area contributed by atoms with Crippen molar-refractivity contribution >= 4 is 23.1 Å². The lowest BCUT2D eigenvalue weighted by Gasteiger charge is -2.10. The van der Waals surface area contributed by atoms with Crippen molar-refractivity contribution in [3.63, 3.8) is 0 Å². The van der Waals surface area contributed by atoms with Crippen molar-refractivity contribution in [2.75, 3.05) is 17.2 Å². The Morgan fingerprint density at radius 2 is 1.88 bits per heavy atom. The van der Waals surface area contributed by atoms with Gasteiger partial charge in [-0.15, -0.1) is 13.2 Å². The van der Waals surface area contributed by atoms with Gasteiger partial charge in [-0.1, -0.05) is 0 Å². The van der Waals surface area contributed by atoms with E-state index in [1.165, 1.54) is 24.3 Å². The fourth-order valence-corrected chi connectivity index (χ4v) is 1.87. The molecule has 0 saturated heterocycles. The summed E-state index contributed by atoms with van der Waals surface area (Å²) in [6.07, 6.45) is -3.63. The second kappa shape index (κ2) is 8.14. The maximum atomic E-state index is 12.1. The van der Waals surface area contributed by atoms with Crippen LogP contribution in [-0.4, -0.2) is 28.7 Å². The van der Waals surface area contributed by atoms with E-state index in [2.05, 4.69) is 20.4 Å². The van der Waals surface area contributed by atoms with Crippen LogP contribution in [0.5, 0.6) is 5.75 Å². The number of amides is 1. The predicted molar refractivity (Wildman–Crippen MR) is 85.8 cm³/mol. The van der Waals surface area contributed by atoms with Gasteiger partial charge < -0.3 is 15.4 Å². The maximum Gasteiger partial charge on any atom is 0.573 e. The predicted octanol–water partition coefficient (Wildman–Crippen LogP) is 3.33. The molecule has 0 saturated carbocycles. The molecule has 0 spiro atoms. The molecule has 8 nitrogen and oxygen atoms in total. The SMILES string of the molecule is O=C(CCNc1ccc([N+](=O)[O-])cn1)Nc1ccc(OC(F)(F)F)cc1. The number of anilines is 2. The minimum absolute atomic E-state index is 0.0550. The number of aromatic nitrogens is 1. The van der Waals surface area contributed by atoms with Crippen LogP contribution in [0.1, 0.15) is 6.42 Å². The first kappa shape index (κ1) is 19.0. The van der Waals surface area contributed by atoms with Crippen LogP contribution >= 0.6 is 0 Å². The number of ether oxygens (including phenoxy) is 1. The number of benzene rings is 1. The summed E-state index contributed by atoms with van der Waals surface area (Å²) < 4.78 is 39.9. The lowest BCUT2D eigenvalue weighted by atomic mass is 10.3. The average Bonchev–Trinajstić information content (AvgIpc) is 2.56. The number of hydrogen-bond acceptors (Lipinski definition) is 6. The number of pyridine rings is 1. The maximum absolute atomic E-state index is 12.1. The number of nitro groups is 1. The van der Waals surface area contributed by atoms with Gasteiger partial charge in [0.1, 0.15) is 17.8 Å².